The number of benzene rings is 1. The van der Waals surface area contributed by atoms with E-state index in [0.717, 1.165) is 22.5 Å². The number of anilines is 1. The molecule has 2 N–H and O–H groups in total. The minimum absolute atomic E-state index is 0.261. The molecule has 0 radical (unpaired) electrons. The first-order valence-corrected chi connectivity index (χ1v) is 7.50. The smallest absolute Gasteiger partial charge is 0.263 e. The summed E-state index contributed by atoms with van der Waals surface area (Å²) >= 11 is 0. The van der Waals surface area contributed by atoms with Gasteiger partial charge in [-0.15, -0.1) is 0 Å². The summed E-state index contributed by atoms with van der Waals surface area (Å²) in [6.45, 7) is 3.72. The van der Waals surface area contributed by atoms with Crippen LogP contribution in [0.2, 0.25) is 0 Å². The summed E-state index contributed by atoms with van der Waals surface area (Å²) in [5.41, 5.74) is 2.20. The van der Waals surface area contributed by atoms with E-state index in [1.807, 2.05) is 44.2 Å². The minimum atomic E-state index is -0.261. The highest BCUT2D eigenvalue weighted by Gasteiger charge is 2.21. The highest BCUT2D eigenvalue weighted by molar-refractivity contribution is 5.87. The van der Waals surface area contributed by atoms with Crippen LogP contribution in [0.3, 0.4) is 0 Å². The minimum Gasteiger partial charge on any atom is -0.355 e. The fraction of sp³-hybridized carbons (Fsp3) is 0.188. The third-order valence-electron chi connectivity index (χ3n) is 3.73. The second-order valence-electron chi connectivity index (χ2n) is 5.44. The second kappa shape index (κ2) is 5.73. The maximum atomic E-state index is 5.21. The summed E-state index contributed by atoms with van der Waals surface area (Å²) < 4.78 is 5.21. The molecule has 1 unspecified atom stereocenters. The maximum Gasteiger partial charge on any atom is 0.263 e. The van der Waals surface area contributed by atoms with Gasteiger partial charge in [0.1, 0.15) is 29.4 Å². The normalized spacial score (nSPS) is 12.4. The van der Waals surface area contributed by atoms with E-state index >= 15 is 0 Å². The summed E-state index contributed by atoms with van der Waals surface area (Å²) in [7, 11) is 0. The molecule has 0 aliphatic heterocycles. The van der Waals surface area contributed by atoms with Gasteiger partial charge in [-0.25, -0.2) is 9.97 Å². The third kappa shape index (κ3) is 2.47. The number of H-pyrrole nitrogens is 1. The predicted octanol–water partition coefficient (Wildman–Crippen LogP) is 2.55. The number of nitrogens with zero attached hydrogens (tertiary/aromatic N) is 5. The van der Waals surface area contributed by atoms with Crippen LogP contribution in [0.5, 0.6) is 0 Å². The van der Waals surface area contributed by atoms with Gasteiger partial charge in [-0.3, -0.25) is 5.10 Å². The Morgan fingerprint density at radius 3 is 2.71 bits per heavy atom. The van der Waals surface area contributed by atoms with Crippen molar-refractivity contribution in [3.05, 3.63) is 59.6 Å². The van der Waals surface area contributed by atoms with E-state index in [-0.39, 0.29) is 6.04 Å². The molecule has 1 atom stereocenters. The molecule has 8 nitrogen and oxygen atoms in total. The van der Waals surface area contributed by atoms with Crippen LogP contribution in [0.1, 0.15) is 28.9 Å². The van der Waals surface area contributed by atoms with Crippen LogP contribution in [0.4, 0.5) is 5.82 Å². The first-order valence-electron chi connectivity index (χ1n) is 7.50. The van der Waals surface area contributed by atoms with Gasteiger partial charge in [-0.2, -0.15) is 10.1 Å². The molecule has 4 rings (SSSR count). The fourth-order valence-electron chi connectivity index (χ4n) is 2.60. The van der Waals surface area contributed by atoms with Crippen molar-refractivity contribution in [3.8, 4) is 0 Å². The molecule has 0 saturated carbocycles. The van der Waals surface area contributed by atoms with Gasteiger partial charge in [0, 0.05) is 0 Å². The first kappa shape index (κ1) is 14.3. The Morgan fingerprint density at radius 1 is 1.12 bits per heavy atom. The second-order valence-corrected chi connectivity index (χ2v) is 5.44. The Balaban J connectivity index is 1.81. The molecule has 0 amide bonds. The lowest BCUT2D eigenvalue weighted by atomic mass is 10.1. The first-order chi connectivity index (χ1) is 11.7. The zero-order valence-electron chi connectivity index (χ0n) is 13.2. The Bertz CT molecular complexity index is 976. The molecule has 0 aliphatic rings. The number of hydrogen-bond acceptors (Lipinski definition) is 7. The maximum absolute atomic E-state index is 5.21. The largest absolute Gasteiger partial charge is 0.355 e. The molecule has 4 aromatic rings. The van der Waals surface area contributed by atoms with Crippen molar-refractivity contribution < 1.29 is 4.52 Å². The number of aryl methyl sites for hydroxylation is 2. The van der Waals surface area contributed by atoms with Crippen molar-refractivity contribution in [1.82, 2.24) is 30.3 Å². The van der Waals surface area contributed by atoms with E-state index in [2.05, 4.69) is 35.6 Å². The molecule has 0 saturated heterocycles. The van der Waals surface area contributed by atoms with Crippen LogP contribution in [0.25, 0.3) is 11.1 Å². The standard InChI is InChI=1S/C16H15N7O/c1-9-12-14(17-8-18-16(12)24-23-9)20-13(11-6-4-3-5-7-11)15-19-10(2)21-22-15/h3-8,13H,1-2H3,(H,17,18,20)(H,19,21,22). The number of aromatic amines is 1. The summed E-state index contributed by atoms with van der Waals surface area (Å²) in [5, 5.41) is 15.3. The van der Waals surface area contributed by atoms with Gasteiger partial charge in [-0.1, -0.05) is 35.5 Å². The summed E-state index contributed by atoms with van der Waals surface area (Å²) in [6.07, 6.45) is 1.45. The summed E-state index contributed by atoms with van der Waals surface area (Å²) in [5.74, 6) is 2.02. The fourth-order valence-corrected chi connectivity index (χ4v) is 2.60. The van der Waals surface area contributed by atoms with Crippen LogP contribution in [0.15, 0.2) is 41.2 Å². The van der Waals surface area contributed by atoms with Crippen molar-refractivity contribution in [1.29, 1.82) is 0 Å². The zero-order valence-corrected chi connectivity index (χ0v) is 13.2. The van der Waals surface area contributed by atoms with Crippen LogP contribution >= 0.6 is 0 Å². The van der Waals surface area contributed by atoms with Gasteiger partial charge < -0.3 is 9.84 Å². The number of aromatic nitrogens is 6. The topological polar surface area (TPSA) is 105 Å². The number of fused-ring (bicyclic) bond motifs is 1. The van der Waals surface area contributed by atoms with E-state index < -0.39 is 0 Å². The van der Waals surface area contributed by atoms with Crippen molar-refractivity contribution in [2.24, 2.45) is 0 Å². The van der Waals surface area contributed by atoms with Gasteiger partial charge >= 0.3 is 0 Å². The molecule has 24 heavy (non-hydrogen) atoms. The third-order valence-corrected chi connectivity index (χ3v) is 3.73. The van der Waals surface area contributed by atoms with E-state index in [1.165, 1.54) is 6.33 Å². The van der Waals surface area contributed by atoms with Crippen LogP contribution < -0.4 is 5.32 Å². The van der Waals surface area contributed by atoms with E-state index in [1.54, 1.807) is 0 Å². The monoisotopic (exact) mass is 321 g/mol. The van der Waals surface area contributed by atoms with Crippen LogP contribution in [0, 0.1) is 13.8 Å². The van der Waals surface area contributed by atoms with Crippen LogP contribution in [-0.4, -0.2) is 30.3 Å². The molecule has 120 valence electrons. The molecular weight excluding hydrogens is 306 g/mol. The highest BCUT2D eigenvalue weighted by atomic mass is 16.5. The molecule has 0 aliphatic carbocycles. The van der Waals surface area contributed by atoms with Crippen molar-refractivity contribution in [3.63, 3.8) is 0 Å². The quantitative estimate of drug-likeness (QED) is 0.595. The van der Waals surface area contributed by atoms with Crippen molar-refractivity contribution >= 4 is 16.9 Å². The highest BCUT2D eigenvalue weighted by Crippen LogP contribution is 2.28. The lowest BCUT2D eigenvalue weighted by molar-refractivity contribution is 0.442. The average molecular weight is 321 g/mol. The molecule has 8 heteroatoms. The van der Waals surface area contributed by atoms with Gasteiger partial charge in [0.2, 0.25) is 0 Å². The van der Waals surface area contributed by atoms with E-state index in [4.69, 9.17) is 4.52 Å². The lowest BCUT2D eigenvalue weighted by Gasteiger charge is -2.17. The molecule has 3 aromatic heterocycles. The zero-order chi connectivity index (χ0) is 16.5. The Hall–Kier alpha value is -3.29. The molecule has 0 bridgehead atoms. The molecule has 1 aromatic carbocycles. The summed E-state index contributed by atoms with van der Waals surface area (Å²) in [6, 6.07) is 9.69. The van der Waals surface area contributed by atoms with E-state index in [9.17, 15) is 0 Å². The number of nitrogens with one attached hydrogen (secondary N) is 2. The average Bonchev–Trinajstić information content (AvgIpc) is 3.20. The van der Waals surface area contributed by atoms with Crippen molar-refractivity contribution in [2.75, 3.05) is 5.32 Å². The molecule has 0 fully saturated rings. The van der Waals surface area contributed by atoms with Gasteiger partial charge in [0.05, 0.1) is 5.69 Å². The number of hydrogen-bond donors (Lipinski definition) is 2. The molecule has 3 heterocycles. The molecular formula is C16H15N7O. The van der Waals surface area contributed by atoms with Gasteiger partial charge in [-0.05, 0) is 19.4 Å². The lowest BCUT2D eigenvalue weighted by Crippen LogP contribution is -2.15. The molecule has 0 spiro atoms. The van der Waals surface area contributed by atoms with Gasteiger partial charge in [0.25, 0.3) is 5.71 Å². The van der Waals surface area contributed by atoms with Gasteiger partial charge in [0.15, 0.2) is 5.82 Å². The number of rotatable bonds is 4. The van der Waals surface area contributed by atoms with E-state index in [0.29, 0.717) is 17.4 Å². The van der Waals surface area contributed by atoms with Crippen molar-refractivity contribution in [2.45, 2.75) is 19.9 Å². The summed E-state index contributed by atoms with van der Waals surface area (Å²) in [4.78, 5) is 12.9. The predicted molar refractivity (Wildman–Crippen MR) is 87.4 cm³/mol. The Morgan fingerprint density at radius 2 is 1.96 bits per heavy atom. The Labute approximate surface area is 137 Å². The Kier molecular flexibility index (Phi) is 3.42. The SMILES string of the molecule is Cc1nc(C(Nc2ncnc3onc(C)c23)c2ccccc2)n[nH]1. The van der Waals surface area contributed by atoms with Crippen LogP contribution in [-0.2, 0) is 0 Å².